The molecule has 0 N–H and O–H groups in total. The third-order valence-electron chi connectivity index (χ3n) is 0.734. The molecular weight excluding hydrogens is 257 g/mol. The fourth-order valence-corrected chi connectivity index (χ4v) is 1.06. The number of rotatable bonds is 0. The van der Waals surface area contributed by atoms with Crippen LogP contribution in [-0.4, -0.2) is 4.98 Å². The molecule has 0 aliphatic carbocycles. The number of aromatic nitrogens is 1. The van der Waals surface area contributed by atoms with E-state index in [9.17, 15) is 0 Å². The summed E-state index contributed by atoms with van der Waals surface area (Å²) in [5, 5.41) is 3.20. The highest BCUT2D eigenvalue weighted by Gasteiger charge is 1.85. The van der Waals surface area contributed by atoms with Gasteiger partial charge in [-0.05, 0) is 13.8 Å². The monoisotopic (exact) mass is 271 g/mol. The Labute approximate surface area is 83.9 Å². The number of halogens is 1. The van der Waals surface area contributed by atoms with Gasteiger partial charge in [-0.1, -0.05) is 13.8 Å². The zero-order valence-electron chi connectivity index (χ0n) is 6.84. The van der Waals surface area contributed by atoms with Crippen molar-refractivity contribution in [2.75, 3.05) is 0 Å². The van der Waals surface area contributed by atoms with Crippen LogP contribution in [0.5, 0.6) is 0 Å². The Kier molecular flexibility index (Phi) is 9.70. The van der Waals surface area contributed by atoms with Gasteiger partial charge in [0, 0.05) is 11.1 Å². The largest absolute Gasteiger partial charge is 0.247 e. The van der Waals surface area contributed by atoms with Gasteiger partial charge in [-0.2, -0.15) is 0 Å². The first-order valence-electron chi connectivity index (χ1n) is 3.18. The molecule has 0 aliphatic heterocycles. The molecule has 0 fully saturated rings. The lowest BCUT2D eigenvalue weighted by molar-refractivity contribution is 1.20. The third-order valence-corrected chi connectivity index (χ3v) is 1.63. The number of thiazole rings is 1. The van der Waals surface area contributed by atoms with Gasteiger partial charge in [0.1, 0.15) is 0 Å². The third kappa shape index (κ3) is 5.17. The molecule has 1 nitrogen and oxygen atoms in total. The van der Waals surface area contributed by atoms with Gasteiger partial charge in [0.25, 0.3) is 0 Å². The Hall–Kier alpha value is 0.360. The molecule has 0 bridgehead atoms. The van der Waals surface area contributed by atoms with Gasteiger partial charge in [-0.25, -0.2) is 4.98 Å². The standard InChI is InChI=1S/C5H7NS.C2H6.HI/c1-4-3-7-5(2)6-4;1-2;/h3H,1-2H3;1-2H3;1H. The van der Waals surface area contributed by atoms with Gasteiger partial charge >= 0.3 is 0 Å². The average molecular weight is 271 g/mol. The molecule has 3 heteroatoms. The molecule has 1 aromatic rings. The molecule has 0 saturated carbocycles. The van der Waals surface area contributed by atoms with Gasteiger partial charge in [-0.15, -0.1) is 35.3 Å². The van der Waals surface area contributed by atoms with Crippen LogP contribution in [0, 0.1) is 13.8 Å². The summed E-state index contributed by atoms with van der Waals surface area (Å²) in [5.41, 5.74) is 1.13. The molecule has 1 aromatic heterocycles. The second-order valence-electron chi connectivity index (χ2n) is 1.51. The molecule has 60 valence electrons. The van der Waals surface area contributed by atoms with Gasteiger partial charge in [0.05, 0.1) is 5.01 Å². The highest BCUT2D eigenvalue weighted by Crippen LogP contribution is 2.04. The van der Waals surface area contributed by atoms with Crippen molar-refractivity contribution >= 4 is 35.3 Å². The highest BCUT2D eigenvalue weighted by molar-refractivity contribution is 14.0. The molecule has 0 unspecified atom stereocenters. The molecule has 0 aromatic carbocycles. The van der Waals surface area contributed by atoms with Gasteiger partial charge < -0.3 is 0 Å². The Bertz CT molecular complexity index is 146. The van der Waals surface area contributed by atoms with Crippen molar-refractivity contribution in [3.05, 3.63) is 16.1 Å². The minimum absolute atomic E-state index is 0. The fraction of sp³-hybridized carbons (Fsp3) is 0.571. The predicted octanol–water partition coefficient (Wildman–Crippen LogP) is 3.40. The molecule has 0 atom stereocenters. The minimum Gasteiger partial charge on any atom is -0.247 e. The molecule has 0 spiro atoms. The number of nitrogens with zero attached hydrogens (tertiary/aromatic N) is 1. The van der Waals surface area contributed by atoms with Crippen LogP contribution in [0.15, 0.2) is 5.38 Å². The molecule has 1 heterocycles. The van der Waals surface area contributed by atoms with E-state index < -0.39 is 0 Å². The SMILES string of the molecule is CC.Cc1csc(C)n1.I. The van der Waals surface area contributed by atoms with Crippen molar-refractivity contribution in [1.29, 1.82) is 0 Å². The lowest BCUT2D eigenvalue weighted by Crippen LogP contribution is -1.67. The molecule has 0 saturated heterocycles. The summed E-state index contributed by atoms with van der Waals surface area (Å²) >= 11 is 1.69. The number of hydrogen-bond acceptors (Lipinski definition) is 2. The van der Waals surface area contributed by atoms with Crippen molar-refractivity contribution < 1.29 is 0 Å². The summed E-state index contributed by atoms with van der Waals surface area (Å²) in [6.07, 6.45) is 0. The van der Waals surface area contributed by atoms with Gasteiger partial charge in [0.2, 0.25) is 0 Å². The first-order chi connectivity index (χ1) is 4.29. The Morgan fingerprint density at radius 2 is 1.80 bits per heavy atom. The average Bonchev–Trinajstić information content (AvgIpc) is 2.20. The summed E-state index contributed by atoms with van der Waals surface area (Å²) in [6, 6.07) is 0. The first-order valence-corrected chi connectivity index (χ1v) is 4.06. The molecule has 0 amide bonds. The van der Waals surface area contributed by atoms with Crippen molar-refractivity contribution in [1.82, 2.24) is 4.98 Å². The lowest BCUT2D eigenvalue weighted by atomic mass is 10.6. The summed E-state index contributed by atoms with van der Waals surface area (Å²) in [7, 11) is 0. The highest BCUT2D eigenvalue weighted by atomic mass is 127. The van der Waals surface area contributed by atoms with Crippen LogP contribution >= 0.6 is 35.3 Å². The topological polar surface area (TPSA) is 12.9 Å². The molecular formula is C7H14INS. The zero-order valence-corrected chi connectivity index (χ0v) is 9.99. The van der Waals surface area contributed by atoms with E-state index >= 15 is 0 Å². The first kappa shape index (κ1) is 13.0. The Balaban J connectivity index is 0. The normalized spacial score (nSPS) is 7.20. The van der Waals surface area contributed by atoms with Crippen LogP contribution in [0.3, 0.4) is 0 Å². The van der Waals surface area contributed by atoms with Crippen LogP contribution in [-0.2, 0) is 0 Å². The van der Waals surface area contributed by atoms with Crippen LogP contribution < -0.4 is 0 Å². The van der Waals surface area contributed by atoms with Crippen LogP contribution in [0.25, 0.3) is 0 Å². The Morgan fingerprint density at radius 1 is 1.30 bits per heavy atom. The minimum atomic E-state index is 0. The van der Waals surface area contributed by atoms with E-state index in [4.69, 9.17) is 0 Å². The second kappa shape index (κ2) is 7.47. The van der Waals surface area contributed by atoms with E-state index in [0.29, 0.717) is 0 Å². The summed E-state index contributed by atoms with van der Waals surface area (Å²) < 4.78 is 0. The molecule has 0 aliphatic rings. The second-order valence-corrected chi connectivity index (χ2v) is 2.57. The smallest absolute Gasteiger partial charge is 0.0897 e. The molecule has 1 rings (SSSR count). The van der Waals surface area contributed by atoms with E-state index in [-0.39, 0.29) is 24.0 Å². The van der Waals surface area contributed by atoms with Crippen LogP contribution in [0.1, 0.15) is 24.5 Å². The fourth-order valence-electron chi connectivity index (χ4n) is 0.472. The summed E-state index contributed by atoms with van der Waals surface area (Å²) in [6.45, 7) is 8.02. The van der Waals surface area contributed by atoms with Crippen molar-refractivity contribution in [3.63, 3.8) is 0 Å². The number of hydrogen-bond donors (Lipinski definition) is 0. The quantitative estimate of drug-likeness (QED) is 0.659. The zero-order chi connectivity index (χ0) is 7.28. The predicted molar refractivity (Wildman–Crippen MR) is 58.4 cm³/mol. The van der Waals surface area contributed by atoms with Gasteiger partial charge in [-0.3, -0.25) is 0 Å². The van der Waals surface area contributed by atoms with E-state index in [1.807, 2.05) is 27.7 Å². The van der Waals surface area contributed by atoms with Crippen molar-refractivity contribution in [2.45, 2.75) is 27.7 Å². The Morgan fingerprint density at radius 3 is 1.90 bits per heavy atom. The molecule has 10 heavy (non-hydrogen) atoms. The maximum absolute atomic E-state index is 4.13. The van der Waals surface area contributed by atoms with Crippen molar-refractivity contribution in [2.24, 2.45) is 0 Å². The summed E-state index contributed by atoms with van der Waals surface area (Å²) in [4.78, 5) is 4.13. The van der Waals surface area contributed by atoms with Gasteiger partial charge in [0.15, 0.2) is 0 Å². The number of aryl methyl sites for hydroxylation is 2. The van der Waals surface area contributed by atoms with E-state index in [1.54, 1.807) is 11.3 Å². The summed E-state index contributed by atoms with van der Waals surface area (Å²) in [5.74, 6) is 0. The van der Waals surface area contributed by atoms with Crippen LogP contribution in [0.4, 0.5) is 0 Å². The van der Waals surface area contributed by atoms with E-state index in [2.05, 4.69) is 10.4 Å². The van der Waals surface area contributed by atoms with Crippen molar-refractivity contribution in [3.8, 4) is 0 Å². The van der Waals surface area contributed by atoms with E-state index in [1.165, 1.54) is 0 Å². The van der Waals surface area contributed by atoms with Crippen LogP contribution in [0.2, 0.25) is 0 Å². The maximum atomic E-state index is 4.13. The lowest BCUT2D eigenvalue weighted by Gasteiger charge is -1.71. The molecule has 0 radical (unpaired) electrons. The van der Waals surface area contributed by atoms with E-state index in [0.717, 1.165) is 10.7 Å². The maximum Gasteiger partial charge on any atom is 0.0897 e.